The molecule has 0 spiro atoms. The van der Waals surface area contributed by atoms with E-state index in [0.717, 1.165) is 0 Å². The van der Waals surface area contributed by atoms with Crippen LogP contribution in [-0.4, -0.2) is 20.6 Å². The van der Waals surface area contributed by atoms with Crippen molar-refractivity contribution in [3.8, 4) is 0 Å². The molecule has 2 aromatic heterocycles. The lowest BCUT2D eigenvalue weighted by Crippen LogP contribution is -2.19. The third-order valence-electron chi connectivity index (χ3n) is 2.82. The van der Waals surface area contributed by atoms with E-state index in [1.807, 2.05) is 0 Å². The maximum absolute atomic E-state index is 12.8. The van der Waals surface area contributed by atoms with Gasteiger partial charge in [0.05, 0.1) is 5.69 Å². The first-order valence-corrected chi connectivity index (χ1v) is 6.27. The second-order valence-electron chi connectivity index (χ2n) is 4.44. The molecule has 0 radical (unpaired) electrons. The largest absolute Gasteiger partial charge is 0.323 e. The highest BCUT2D eigenvalue weighted by atomic mass is 19.1. The predicted molar refractivity (Wildman–Crippen MR) is 76.8 cm³/mol. The van der Waals surface area contributed by atoms with E-state index in [0.29, 0.717) is 22.8 Å². The molecule has 2 amide bonds. The molecule has 2 heterocycles. The zero-order chi connectivity index (χ0) is 14.8. The molecule has 6 nitrogen and oxygen atoms in total. The van der Waals surface area contributed by atoms with E-state index in [4.69, 9.17) is 0 Å². The number of nitrogens with one attached hydrogen (secondary N) is 2. The number of benzene rings is 1. The van der Waals surface area contributed by atoms with Gasteiger partial charge in [0.2, 0.25) is 0 Å². The zero-order valence-electron chi connectivity index (χ0n) is 11.2. The molecule has 3 aromatic rings. The lowest BCUT2D eigenvalue weighted by atomic mass is 10.3. The first-order valence-electron chi connectivity index (χ1n) is 6.27. The lowest BCUT2D eigenvalue weighted by Gasteiger charge is -2.08. The Morgan fingerprint density at radius 3 is 2.71 bits per heavy atom. The first kappa shape index (κ1) is 13.0. The Bertz CT molecular complexity index is 797. The highest BCUT2D eigenvalue weighted by molar-refractivity contribution is 6.01. The van der Waals surface area contributed by atoms with Crippen LogP contribution in [0.2, 0.25) is 0 Å². The van der Waals surface area contributed by atoms with Gasteiger partial charge in [0.1, 0.15) is 11.6 Å². The van der Waals surface area contributed by atoms with Crippen LogP contribution in [0.25, 0.3) is 5.65 Å². The van der Waals surface area contributed by atoms with Crippen LogP contribution in [0.15, 0.2) is 42.6 Å². The fourth-order valence-electron chi connectivity index (χ4n) is 1.93. The van der Waals surface area contributed by atoms with Crippen molar-refractivity contribution in [1.82, 2.24) is 14.6 Å². The predicted octanol–water partition coefficient (Wildman–Crippen LogP) is 2.82. The molecule has 1 aromatic carbocycles. The topological polar surface area (TPSA) is 71.3 Å². The van der Waals surface area contributed by atoms with Crippen molar-refractivity contribution in [3.63, 3.8) is 0 Å². The molecular weight excluding hydrogens is 273 g/mol. The molecule has 106 valence electrons. The third-order valence-corrected chi connectivity index (χ3v) is 2.82. The molecule has 21 heavy (non-hydrogen) atoms. The average molecular weight is 285 g/mol. The van der Waals surface area contributed by atoms with Crippen molar-refractivity contribution in [1.29, 1.82) is 0 Å². The molecule has 0 unspecified atom stereocenters. The summed E-state index contributed by atoms with van der Waals surface area (Å²) in [6.45, 7) is 1.77. The number of nitrogens with zero attached hydrogens (tertiary/aromatic N) is 3. The summed E-state index contributed by atoms with van der Waals surface area (Å²) in [4.78, 5) is 16.2. The summed E-state index contributed by atoms with van der Waals surface area (Å²) in [6.07, 6.45) is 1.75. The molecule has 0 atom stereocenters. The second-order valence-corrected chi connectivity index (χ2v) is 4.44. The molecule has 0 aliphatic heterocycles. The van der Waals surface area contributed by atoms with E-state index < -0.39 is 6.03 Å². The van der Waals surface area contributed by atoms with Gasteiger partial charge in [-0.25, -0.2) is 18.7 Å². The zero-order valence-corrected chi connectivity index (χ0v) is 11.2. The number of hydrogen-bond acceptors (Lipinski definition) is 3. The number of hydrogen-bond donors (Lipinski definition) is 2. The van der Waals surface area contributed by atoms with Gasteiger partial charge < -0.3 is 10.6 Å². The minimum atomic E-state index is -0.435. The van der Waals surface area contributed by atoms with Crippen LogP contribution in [0.1, 0.15) is 5.82 Å². The molecule has 0 fully saturated rings. The van der Waals surface area contributed by atoms with Gasteiger partial charge in [-0.3, -0.25) is 0 Å². The first-order chi connectivity index (χ1) is 10.1. The molecule has 2 N–H and O–H groups in total. The minimum absolute atomic E-state index is 0.357. The summed E-state index contributed by atoms with van der Waals surface area (Å²) in [6, 6.07) is 8.57. The van der Waals surface area contributed by atoms with Crippen LogP contribution < -0.4 is 10.6 Å². The van der Waals surface area contributed by atoms with Crippen molar-refractivity contribution in [3.05, 3.63) is 54.2 Å². The van der Waals surface area contributed by atoms with Crippen molar-refractivity contribution in [2.45, 2.75) is 6.92 Å². The van der Waals surface area contributed by atoms with Crippen molar-refractivity contribution in [2.24, 2.45) is 0 Å². The Morgan fingerprint density at radius 2 is 1.95 bits per heavy atom. The van der Waals surface area contributed by atoms with Crippen LogP contribution >= 0.6 is 0 Å². The standard InChI is InChI=1S/C14H12FN5O/c1-9-16-13-12(3-2-8-20(13)19-9)18-14(21)17-11-6-4-10(15)5-7-11/h2-8H,1H3,(H2,17,18,21). The highest BCUT2D eigenvalue weighted by Gasteiger charge is 2.09. The number of aromatic nitrogens is 3. The Labute approximate surface area is 119 Å². The number of carbonyl (C=O) groups excluding carboxylic acids is 1. The van der Waals surface area contributed by atoms with Crippen LogP contribution in [0.5, 0.6) is 0 Å². The molecule has 7 heteroatoms. The summed E-state index contributed by atoms with van der Waals surface area (Å²) < 4.78 is 14.4. The van der Waals surface area contributed by atoms with E-state index in [2.05, 4.69) is 20.7 Å². The van der Waals surface area contributed by atoms with Gasteiger partial charge >= 0.3 is 6.03 Å². The Hall–Kier alpha value is -2.96. The van der Waals surface area contributed by atoms with E-state index >= 15 is 0 Å². The van der Waals surface area contributed by atoms with Gasteiger partial charge in [0.25, 0.3) is 0 Å². The van der Waals surface area contributed by atoms with Crippen LogP contribution in [0.3, 0.4) is 0 Å². The van der Waals surface area contributed by atoms with Crippen LogP contribution in [-0.2, 0) is 0 Å². The SMILES string of the molecule is Cc1nc2c(NC(=O)Nc3ccc(F)cc3)cccn2n1. The Kier molecular flexibility index (Phi) is 3.23. The Morgan fingerprint density at radius 1 is 1.19 bits per heavy atom. The molecule has 0 aliphatic carbocycles. The fraction of sp³-hybridized carbons (Fsp3) is 0.0714. The molecule has 0 saturated carbocycles. The summed E-state index contributed by atoms with van der Waals surface area (Å²) in [5, 5.41) is 9.48. The molecule has 0 bridgehead atoms. The summed E-state index contributed by atoms with van der Waals surface area (Å²) >= 11 is 0. The number of fused-ring (bicyclic) bond motifs is 1. The maximum Gasteiger partial charge on any atom is 0.323 e. The van der Waals surface area contributed by atoms with E-state index in [1.165, 1.54) is 24.3 Å². The van der Waals surface area contributed by atoms with E-state index in [-0.39, 0.29) is 5.82 Å². The second kappa shape index (κ2) is 5.20. The van der Waals surface area contributed by atoms with Gasteiger partial charge in [-0.15, -0.1) is 0 Å². The number of pyridine rings is 1. The maximum atomic E-state index is 12.8. The Balaban J connectivity index is 1.78. The lowest BCUT2D eigenvalue weighted by molar-refractivity contribution is 0.262. The van der Waals surface area contributed by atoms with Gasteiger partial charge in [-0.1, -0.05) is 0 Å². The quantitative estimate of drug-likeness (QED) is 0.760. The van der Waals surface area contributed by atoms with E-state index in [9.17, 15) is 9.18 Å². The number of rotatable bonds is 2. The normalized spacial score (nSPS) is 10.6. The third kappa shape index (κ3) is 2.81. The number of halogens is 1. The number of aryl methyl sites for hydroxylation is 1. The van der Waals surface area contributed by atoms with Crippen molar-refractivity contribution in [2.75, 3.05) is 10.6 Å². The van der Waals surface area contributed by atoms with Crippen LogP contribution in [0.4, 0.5) is 20.6 Å². The van der Waals surface area contributed by atoms with Crippen molar-refractivity contribution < 1.29 is 9.18 Å². The number of carbonyl (C=O) groups is 1. The van der Waals surface area contributed by atoms with Crippen molar-refractivity contribution >= 4 is 23.1 Å². The van der Waals surface area contributed by atoms with Gasteiger partial charge in [-0.2, -0.15) is 5.10 Å². The molecule has 0 saturated heterocycles. The van der Waals surface area contributed by atoms with Gasteiger partial charge in [0.15, 0.2) is 5.65 Å². The fourth-order valence-corrected chi connectivity index (χ4v) is 1.93. The molecular formula is C14H12FN5O. The number of urea groups is 1. The van der Waals surface area contributed by atoms with Crippen LogP contribution in [0, 0.1) is 12.7 Å². The number of anilines is 2. The monoisotopic (exact) mass is 285 g/mol. The van der Waals surface area contributed by atoms with Gasteiger partial charge in [0, 0.05) is 11.9 Å². The minimum Gasteiger partial charge on any atom is -0.308 e. The van der Waals surface area contributed by atoms with Gasteiger partial charge in [-0.05, 0) is 43.3 Å². The summed E-state index contributed by atoms with van der Waals surface area (Å²) in [5.74, 6) is 0.257. The highest BCUT2D eigenvalue weighted by Crippen LogP contribution is 2.15. The molecule has 3 rings (SSSR count). The number of amides is 2. The smallest absolute Gasteiger partial charge is 0.308 e. The summed E-state index contributed by atoms with van der Waals surface area (Å²) in [7, 11) is 0. The average Bonchev–Trinajstić information content (AvgIpc) is 2.83. The van der Waals surface area contributed by atoms with E-state index in [1.54, 1.807) is 29.8 Å². The summed E-state index contributed by atoms with van der Waals surface area (Å²) in [5.41, 5.74) is 1.60. The molecule has 0 aliphatic rings.